The molecule has 0 radical (unpaired) electrons. The van der Waals surface area contributed by atoms with E-state index in [9.17, 15) is 22.8 Å². The monoisotopic (exact) mass is 364 g/mol. The lowest BCUT2D eigenvalue weighted by Crippen LogP contribution is -2.30. The highest BCUT2D eigenvalue weighted by Gasteiger charge is 2.38. The molecule has 0 aromatic rings. The smallest absolute Gasteiger partial charge is 0.425 e. The first kappa shape index (κ1) is 23.2. The number of hydrogen-bond acceptors (Lipinski definition) is 4. The van der Waals surface area contributed by atoms with Gasteiger partial charge in [-0.25, -0.2) is 0 Å². The molecule has 0 bridgehead atoms. The topological polar surface area (TPSA) is 52.6 Å². The van der Waals surface area contributed by atoms with E-state index in [4.69, 9.17) is 4.74 Å². The van der Waals surface area contributed by atoms with Crippen molar-refractivity contribution >= 4 is 11.9 Å². The average Bonchev–Trinajstić information content (AvgIpc) is 2.45. The molecule has 0 aliphatic heterocycles. The maximum Gasteiger partial charge on any atom is 0.425 e. The molecule has 1 unspecified atom stereocenters. The van der Waals surface area contributed by atoms with Crippen LogP contribution in [0.25, 0.3) is 0 Å². The summed E-state index contributed by atoms with van der Waals surface area (Å²) in [6.07, 6.45) is -1.18. The van der Waals surface area contributed by atoms with E-state index in [2.05, 4.69) is 10.8 Å². The Kier molecular flexibility index (Phi) is 10.9. The summed E-state index contributed by atoms with van der Waals surface area (Å²) in [4.78, 5) is 22.7. The van der Waals surface area contributed by atoms with Crippen LogP contribution in [-0.2, 0) is 19.1 Å². The van der Waals surface area contributed by atoms with Crippen LogP contribution < -0.4 is 0 Å². The van der Waals surface area contributed by atoms with Crippen LogP contribution in [0.4, 0.5) is 13.2 Å². The van der Waals surface area contributed by atoms with E-state index in [0.29, 0.717) is 0 Å². The van der Waals surface area contributed by atoms with Crippen molar-refractivity contribution in [3.8, 4) is 0 Å². The molecule has 0 fully saturated rings. The predicted octanol–water partition coefficient (Wildman–Crippen LogP) is 4.89. The van der Waals surface area contributed by atoms with Gasteiger partial charge < -0.3 is 9.47 Å². The van der Waals surface area contributed by atoms with Gasteiger partial charge in [-0.1, -0.05) is 17.2 Å². The van der Waals surface area contributed by atoms with Crippen LogP contribution in [0.5, 0.6) is 0 Å². The van der Waals surface area contributed by atoms with Gasteiger partial charge in [0, 0.05) is 12.8 Å². The van der Waals surface area contributed by atoms with Crippen molar-refractivity contribution < 1.29 is 32.2 Å². The molecule has 0 N–H and O–H groups in total. The van der Waals surface area contributed by atoms with Gasteiger partial charge in [0.1, 0.15) is 6.61 Å². The quantitative estimate of drug-likeness (QED) is 0.409. The third-order valence-corrected chi connectivity index (χ3v) is 3.30. The molecule has 0 heterocycles. The standard InChI is InChI=1S/C18H27F3O4/c1-13(2)7-5-8-14(3)11-12-24-16(22)9-6-10-17(23)25-15(4)18(19,20)21/h7,11,15H,5-6,8-10,12H2,1-4H3/b14-11-. The Labute approximate surface area is 147 Å². The van der Waals surface area contributed by atoms with E-state index in [0.717, 1.165) is 25.3 Å². The Morgan fingerprint density at radius 3 is 2.16 bits per heavy atom. The van der Waals surface area contributed by atoms with E-state index in [-0.39, 0.29) is 25.9 Å². The number of esters is 2. The zero-order valence-corrected chi connectivity index (χ0v) is 15.2. The molecular formula is C18H27F3O4. The van der Waals surface area contributed by atoms with E-state index in [1.54, 1.807) is 0 Å². The van der Waals surface area contributed by atoms with Crippen molar-refractivity contribution in [1.29, 1.82) is 0 Å². The number of ether oxygens (including phenoxy) is 2. The summed E-state index contributed by atoms with van der Waals surface area (Å²) in [6.45, 7) is 6.92. The third kappa shape index (κ3) is 13.2. The zero-order chi connectivity index (χ0) is 19.5. The minimum atomic E-state index is -4.58. The van der Waals surface area contributed by atoms with Crippen molar-refractivity contribution in [2.75, 3.05) is 6.61 Å². The highest BCUT2D eigenvalue weighted by Crippen LogP contribution is 2.22. The van der Waals surface area contributed by atoms with E-state index in [1.807, 2.05) is 26.8 Å². The molecule has 4 nitrogen and oxygen atoms in total. The summed E-state index contributed by atoms with van der Waals surface area (Å²) in [5.41, 5.74) is 2.36. The van der Waals surface area contributed by atoms with Crippen LogP contribution in [0.3, 0.4) is 0 Å². The van der Waals surface area contributed by atoms with Crippen molar-refractivity contribution in [3.63, 3.8) is 0 Å². The van der Waals surface area contributed by atoms with Crippen LogP contribution >= 0.6 is 0 Å². The molecule has 1 atom stereocenters. The maximum atomic E-state index is 12.2. The fourth-order valence-corrected chi connectivity index (χ4v) is 1.74. The summed E-state index contributed by atoms with van der Waals surface area (Å²) < 4.78 is 45.9. The van der Waals surface area contributed by atoms with Crippen molar-refractivity contribution in [3.05, 3.63) is 23.3 Å². The van der Waals surface area contributed by atoms with E-state index >= 15 is 0 Å². The molecule has 0 aliphatic rings. The molecule has 144 valence electrons. The van der Waals surface area contributed by atoms with Crippen LogP contribution in [0.15, 0.2) is 23.3 Å². The normalized spacial score (nSPS) is 13.2. The van der Waals surface area contributed by atoms with E-state index in [1.165, 1.54) is 5.57 Å². The van der Waals surface area contributed by atoms with Gasteiger partial charge in [0.05, 0.1) is 0 Å². The van der Waals surface area contributed by atoms with Gasteiger partial charge in [-0.05, 0) is 53.0 Å². The first-order valence-electron chi connectivity index (χ1n) is 8.23. The largest absolute Gasteiger partial charge is 0.461 e. The minimum absolute atomic E-state index is 0.0415. The van der Waals surface area contributed by atoms with Gasteiger partial charge in [-0.2, -0.15) is 13.2 Å². The van der Waals surface area contributed by atoms with E-state index < -0.39 is 24.2 Å². The van der Waals surface area contributed by atoms with Crippen LogP contribution in [-0.4, -0.2) is 30.8 Å². The fourth-order valence-electron chi connectivity index (χ4n) is 1.74. The number of carbonyl (C=O) groups excluding carboxylic acids is 2. The first-order valence-corrected chi connectivity index (χ1v) is 8.23. The first-order chi connectivity index (χ1) is 11.5. The highest BCUT2D eigenvalue weighted by atomic mass is 19.4. The molecule has 0 spiro atoms. The molecule has 7 heteroatoms. The second kappa shape index (κ2) is 11.7. The minimum Gasteiger partial charge on any atom is -0.461 e. The SMILES string of the molecule is CC(C)=CCC/C(C)=C\COC(=O)CCCC(=O)OC(C)C(F)(F)F. The Morgan fingerprint density at radius 1 is 1.00 bits per heavy atom. The van der Waals surface area contributed by atoms with Gasteiger partial charge in [0.15, 0.2) is 6.10 Å². The molecule has 0 aliphatic carbocycles. The molecule has 0 rings (SSSR count). The second-order valence-corrected chi connectivity index (χ2v) is 6.08. The van der Waals surface area contributed by atoms with Crippen LogP contribution in [0.1, 0.15) is 59.8 Å². The summed E-state index contributed by atoms with van der Waals surface area (Å²) in [7, 11) is 0. The number of halogens is 3. The van der Waals surface area contributed by atoms with Crippen molar-refractivity contribution in [1.82, 2.24) is 0 Å². The Bertz CT molecular complexity index is 489. The molecule has 0 aromatic heterocycles. The Morgan fingerprint density at radius 2 is 1.60 bits per heavy atom. The van der Waals surface area contributed by atoms with Crippen LogP contribution in [0.2, 0.25) is 0 Å². The summed E-state index contributed by atoms with van der Waals surface area (Å²) in [6, 6.07) is 0. The summed E-state index contributed by atoms with van der Waals surface area (Å²) >= 11 is 0. The Hall–Kier alpha value is -1.79. The third-order valence-electron chi connectivity index (χ3n) is 3.30. The Balaban J connectivity index is 3.90. The van der Waals surface area contributed by atoms with Crippen molar-refractivity contribution in [2.45, 2.75) is 72.1 Å². The molecule has 0 saturated heterocycles. The average molecular weight is 364 g/mol. The molecule has 25 heavy (non-hydrogen) atoms. The second-order valence-electron chi connectivity index (χ2n) is 6.08. The zero-order valence-electron chi connectivity index (χ0n) is 15.2. The number of carbonyl (C=O) groups is 2. The predicted molar refractivity (Wildman–Crippen MR) is 88.8 cm³/mol. The summed E-state index contributed by atoms with van der Waals surface area (Å²) in [5, 5.41) is 0. The number of allylic oxidation sites excluding steroid dienone is 3. The number of alkyl halides is 3. The molecule has 0 saturated carbocycles. The van der Waals surface area contributed by atoms with Gasteiger partial charge in [-0.15, -0.1) is 0 Å². The highest BCUT2D eigenvalue weighted by molar-refractivity contribution is 5.72. The molecular weight excluding hydrogens is 337 g/mol. The molecule has 0 amide bonds. The molecule has 0 aromatic carbocycles. The maximum absolute atomic E-state index is 12.2. The lowest BCUT2D eigenvalue weighted by molar-refractivity contribution is -0.216. The lowest BCUT2D eigenvalue weighted by Gasteiger charge is -2.16. The lowest BCUT2D eigenvalue weighted by atomic mass is 10.1. The number of hydrogen-bond donors (Lipinski definition) is 0. The van der Waals surface area contributed by atoms with Gasteiger partial charge in [0.2, 0.25) is 0 Å². The van der Waals surface area contributed by atoms with Crippen molar-refractivity contribution in [2.24, 2.45) is 0 Å². The van der Waals surface area contributed by atoms with Crippen LogP contribution in [0, 0.1) is 0 Å². The van der Waals surface area contributed by atoms with Gasteiger partial charge >= 0.3 is 18.1 Å². The van der Waals surface area contributed by atoms with Gasteiger partial charge in [0.25, 0.3) is 0 Å². The number of rotatable bonds is 10. The fraction of sp³-hybridized carbons (Fsp3) is 0.667. The summed E-state index contributed by atoms with van der Waals surface area (Å²) in [5.74, 6) is -1.47. The van der Waals surface area contributed by atoms with Gasteiger partial charge in [-0.3, -0.25) is 9.59 Å².